The fourth-order valence-electron chi connectivity index (χ4n) is 2.73. The van der Waals surface area contributed by atoms with E-state index in [0.717, 1.165) is 23.7 Å². The van der Waals surface area contributed by atoms with Gasteiger partial charge in [0.15, 0.2) is 5.69 Å². The molecule has 0 saturated carbocycles. The van der Waals surface area contributed by atoms with Crippen molar-refractivity contribution in [2.24, 2.45) is 13.0 Å². The van der Waals surface area contributed by atoms with Crippen LogP contribution in [-0.4, -0.2) is 33.7 Å². The van der Waals surface area contributed by atoms with E-state index in [2.05, 4.69) is 11.2 Å². The largest absolute Gasteiger partial charge is 0.337 e. The zero-order valence-corrected chi connectivity index (χ0v) is 11.4. The summed E-state index contributed by atoms with van der Waals surface area (Å²) >= 11 is 0. The Kier molecular flexibility index (Phi) is 3.15. The number of amides is 1. The van der Waals surface area contributed by atoms with Crippen molar-refractivity contribution >= 4 is 16.8 Å². The molecule has 3 rings (SSSR count). The zero-order valence-electron chi connectivity index (χ0n) is 11.4. The second-order valence-electron chi connectivity index (χ2n) is 5.18. The normalized spacial score (nSPS) is 16.3. The van der Waals surface area contributed by atoms with Gasteiger partial charge in [-0.3, -0.25) is 9.48 Å². The van der Waals surface area contributed by atoms with Crippen molar-refractivity contribution in [1.82, 2.24) is 14.7 Å². The van der Waals surface area contributed by atoms with Gasteiger partial charge in [-0.1, -0.05) is 18.2 Å². The van der Waals surface area contributed by atoms with Gasteiger partial charge in [0.25, 0.3) is 5.91 Å². The summed E-state index contributed by atoms with van der Waals surface area (Å²) in [6.07, 6.45) is 1.51. The molecular formula is C15H16N4O. The van der Waals surface area contributed by atoms with E-state index in [9.17, 15) is 4.79 Å². The Morgan fingerprint density at radius 3 is 2.75 bits per heavy atom. The van der Waals surface area contributed by atoms with Gasteiger partial charge in [-0.15, -0.1) is 0 Å². The van der Waals surface area contributed by atoms with E-state index in [1.165, 1.54) is 0 Å². The molecule has 5 nitrogen and oxygen atoms in total. The molecule has 1 amide bonds. The average Bonchev–Trinajstić information content (AvgIpc) is 2.84. The number of nitriles is 1. The number of likely N-dealkylation sites (tertiary alicyclic amines) is 1. The lowest BCUT2D eigenvalue weighted by Crippen LogP contribution is -2.38. The van der Waals surface area contributed by atoms with Crippen LogP contribution in [0.4, 0.5) is 0 Å². The molecule has 2 heterocycles. The maximum Gasteiger partial charge on any atom is 0.275 e. The fourth-order valence-corrected chi connectivity index (χ4v) is 2.73. The summed E-state index contributed by atoms with van der Waals surface area (Å²) < 4.78 is 1.74. The maximum absolute atomic E-state index is 12.6. The summed E-state index contributed by atoms with van der Waals surface area (Å²) in [5.41, 5.74) is 1.47. The summed E-state index contributed by atoms with van der Waals surface area (Å²) in [6, 6.07) is 10.0. The van der Waals surface area contributed by atoms with E-state index >= 15 is 0 Å². The fraction of sp³-hybridized carbons (Fsp3) is 0.400. The minimum atomic E-state index is -0.0295. The van der Waals surface area contributed by atoms with Gasteiger partial charge in [0.2, 0.25) is 0 Å². The molecule has 1 fully saturated rings. The monoisotopic (exact) mass is 268 g/mol. The number of hydrogen-bond donors (Lipinski definition) is 0. The summed E-state index contributed by atoms with van der Waals surface area (Å²) in [5.74, 6) is 0.0534. The van der Waals surface area contributed by atoms with Crippen LogP contribution in [0.3, 0.4) is 0 Å². The van der Waals surface area contributed by atoms with E-state index in [1.807, 2.05) is 36.2 Å². The lowest BCUT2D eigenvalue weighted by Gasteiger charge is -2.28. The van der Waals surface area contributed by atoms with Gasteiger partial charge >= 0.3 is 0 Å². The molecule has 0 aliphatic carbocycles. The van der Waals surface area contributed by atoms with E-state index in [-0.39, 0.29) is 11.8 Å². The molecule has 1 saturated heterocycles. The highest BCUT2D eigenvalue weighted by atomic mass is 16.2. The zero-order chi connectivity index (χ0) is 14.1. The Balaban J connectivity index is 1.89. The molecule has 1 aromatic heterocycles. The van der Waals surface area contributed by atoms with Crippen LogP contribution in [0.25, 0.3) is 10.9 Å². The summed E-state index contributed by atoms with van der Waals surface area (Å²) in [7, 11) is 1.85. The first-order valence-corrected chi connectivity index (χ1v) is 6.81. The molecule has 0 bridgehead atoms. The van der Waals surface area contributed by atoms with Gasteiger partial charge in [-0.05, 0) is 18.9 Å². The van der Waals surface area contributed by atoms with E-state index in [1.54, 1.807) is 4.68 Å². The first-order valence-electron chi connectivity index (χ1n) is 6.81. The van der Waals surface area contributed by atoms with Crippen molar-refractivity contribution in [2.45, 2.75) is 12.8 Å². The number of aryl methyl sites for hydroxylation is 1. The molecule has 102 valence electrons. The average molecular weight is 268 g/mol. The second kappa shape index (κ2) is 4.97. The van der Waals surface area contributed by atoms with Crippen molar-refractivity contribution in [1.29, 1.82) is 5.26 Å². The SMILES string of the molecule is Cn1nc(C(=O)N2CCC(C#N)CC2)c2ccccc21. The van der Waals surface area contributed by atoms with Crippen LogP contribution in [0, 0.1) is 17.2 Å². The molecule has 5 heteroatoms. The topological polar surface area (TPSA) is 61.9 Å². The van der Waals surface area contributed by atoms with E-state index in [0.29, 0.717) is 18.8 Å². The minimum Gasteiger partial charge on any atom is -0.337 e. The van der Waals surface area contributed by atoms with Crippen LogP contribution in [0.2, 0.25) is 0 Å². The third-order valence-electron chi connectivity index (χ3n) is 3.93. The third kappa shape index (κ3) is 2.03. The number of aromatic nitrogens is 2. The number of fused-ring (bicyclic) bond motifs is 1. The summed E-state index contributed by atoms with van der Waals surface area (Å²) in [5, 5.41) is 14.2. The number of hydrogen-bond acceptors (Lipinski definition) is 3. The number of rotatable bonds is 1. The lowest BCUT2D eigenvalue weighted by molar-refractivity contribution is 0.0702. The summed E-state index contributed by atoms with van der Waals surface area (Å²) in [6.45, 7) is 1.28. The van der Waals surface area contributed by atoms with Gasteiger partial charge in [-0.2, -0.15) is 10.4 Å². The number of nitrogens with zero attached hydrogens (tertiary/aromatic N) is 4. The number of carbonyl (C=O) groups is 1. The molecule has 20 heavy (non-hydrogen) atoms. The van der Waals surface area contributed by atoms with Crippen LogP contribution >= 0.6 is 0 Å². The minimum absolute atomic E-state index is 0.0295. The van der Waals surface area contributed by atoms with Crippen LogP contribution in [0.15, 0.2) is 24.3 Å². The van der Waals surface area contributed by atoms with Gasteiger partial charge in [0, 0.05) is 31.4 Å². The maximum atomic E-state index is 12.6. The Morgan fingerprint density at radius 1 is 1.35 bits per heavy atom. The number of para-hydroxylation sites is 1. The van der Waals surface area contributed by atoms with E-state index < -0.39 is 0 Å². The summed E-state index contributed by atoms with van der Waals surface area (Å²) in [4.78, 5) is 14.4. The first kappa shape index (κ1) is 12.7. The lowest BCUT2D eigenvalue weighted by atomic mass is 9.98. The Bertz CT molecular complexity index is 689. The van der Waals surface area contributed by atoms with E-state index in [4.69, 9.17) is 5.26 Å². The standard InChI is InChI=1S/C15H16N4O/c1-18-13-5-3-2-4-12(13)14(17-18)15(20)19-8-6-11(10-16)7-9-19/h2-5,11H,6-9H2,1H3. The first-order chi connectivity index (χ1) is 9.70. The molecule has 0 radical (unpaired) electrons. The highest BCUT2D eigenvalue weighted by Crippen LogP contribution is 2.22. The Morgan fingerprint density at radius 2 is 2.05 bits per heavy atom. The molecular weight excluding hydrogens is 252 g/mol. The molecule has 1 aliphatic rings. The van der Waals surface area contributed by atoms with Crippen molar-refractivity contribution in [2.75, 3.05) is 13.1 Å². The smallest absolute Gasteiger partial charge is 0.275 e. The molecule has 1 aliphatic heterocycles. The van der Waals surface area contributed by atoms with Gasteiger partial charge in [0.1, 0.15) is 0 Å². The molecule has 1 aromatic carbocycles. The molecule has 0 atom stereocenters. The van der Waals surface area contributed by atoms with Crippen LogP contribution in [-0.2, 0) is 7.05 Å². The molecule has 2 aromatic rings. The van der Waals surface area contributed by atoms with Crippen molar-refractivity contribution in [3.8, 4) is 6.07 Å². The molecule has 0 spiro atoms. The molecule has 0 N–H and O–H groups in total. The highest BCUT2D eigenvalue weighted by Gasteiger charge is 2.26. The van der Waals surface area contributed by atoms with Crippen molar-refractivity contribution in [3.05, 3.63) is 30.0 Å². The highest BCUT2D eigenvalue weighted by molar-refractivity contribution is 6.04. The Labute approximate surface area is 117 Å². The predicted molar refractivity (Wildman–Crippen MR) is 75.0 cm³/mol. The van der Waals surface area contributed by atoms with Gasteiger partial charge < -0.3 is 4.90 Å². The number of benzene rings is 1. The molecule has 0 unspecified atom stereocenters. The third-order valence-corrected chi connectivity index (χ3v) is 3.93. The number of piperidine rings is 1. The van der Waals surface area contributed by atoms with Gasteiger partial charge in [0.05, 0.1) is 11.6 Å². The Hall–Kier alpha value is -2.35. The predicted octanol–water partition coefficient (Wildman–Crippen LogP) is 1.95. The van der Waals surface area contributed by atoms with Gasteiger partial charge in [-0.25, -0.2) is 0 Å². The van der Waals surface area contributed by atoms with Crippen molar-refractivity contribution in [3.63, 3.8) is 0 Å². The van der Waals surface area contributed by atoms with Crippen LogP contribution in [0.5, 0.6) is 0 Å². The number of carbonyl (C=O) groups excluding carboxylic acids is 1. The quantitative estimate of drug-likeness (QED) is 0.794. The van der Waals surface area contributed by atoms with Crippen LogP contribution in [0.1, 0.15) is 23.3 Å². The second-order valence-corrected chi connectivity index (χ2v) is 5.18. The van der Waals surface area contributed by atoms with Crippen molar-refractivity contribution < 1.29 is 4.79 Å². The van der Waals surface area contributed by atoms with Crippen LogP contribution < -0.4 is 0 Å².